The average Bonchev–Trinajstić information content (AvgIpc) is 2.30. The topological polar surface area (TPSA) is 41.6 Å². The van der Waals surface area contributed by atoms with Gasteiger partial charge in [-0.25, -0.2) is 0 Å². The number of morpholine rings is 1. The normalized spacial score (nSPS) is 20.4. The summed E-state index contributed by atoms with van der Waals surface area (Å²) in [7, 11) is 0. The lowest BCUT2D eigenvalue weighted by Gasteiger charge is -2.27. The lowest BCUT2D eigenvalue weighted by Crippen LogP contribution is -2.45. The van der Waals surface area contributed by atoms with E-state index in [0.717, 1.165) is 26.1 Å². The van der Waals surface area contributed by atoms with Crippen molar-refractivity contribution >= 4 is 5.91 Å². The molecule has 1 aliphatic rings. The Bertz CT molecular complexity index is 225. The first-order valence-electron chi connectivity index (χ1n) is 5.97. The zero-order valence-electron chi connectivity index (χ0n) is 10.1. The summed E-state index contributed by atoms with van der Waals surface area (Å²) in [6, 6.07) is 0.172. The maximum Gasteiger partial charge on any atom is 0.224 e. The third-order valence-corrected chi connectivity index (χ3v) is 2.62. The van der Waals surface area contributed by atoms with Gasteiger partial charge in [0.1, 0.15) is 0 Å². The molecule has 0 spiro atoms. The largest absolute Gasteiger partial charge is 0.378 e. The first-order valence-corrected chi connectivity index (χ1v) is 5.97. The molecular weight excluding hydrogens is 204 g/mol. The number of rotatable bonds is 6. The van der Waals surface area contributed by atoms with Crippen LogP contribution in [-0.4, -0.2) is 49.7 Å². The summed E-state index contributed by atoms with van der Waals surface area (Å²) in [5.41, 5.74) is 0. The van der Waals surface area contributed by atoms with Gasteiger partial charge in [-0.05, 0) is 6.42 Å². The third-order valence-electron chi connectivity index (χ3n) is 2.62. The van der Waals surface area contributed by atoms with Crippen LogP contribution in [0.15, 0.2) is 12.7 Å². The van der Waals surface area contributed by atoms with Gasteiger partial charge >= 0.3 is 0 Å². The Kier molecular flexibility index (Phi) is 6.11. The number of ether oxygens (including phenoxy) is 1. The summed E-state index contributed by atoms with van der Waals surface area (Å²) in [6.45, 7) is 9.42. The van der Waals surface area contributed by atoms with Gasteiger partial charge in [-0.2, -0.15) is 0 Å². The molecule has 1 heterocycles. The monoisotopic (exact) mass is 226 g/mol. The molecule has 0 aromatic rings. The van der Waals surface area contributed by atoms with Crippen LogP contribution in [0.2, 0.25) is 0 Å². The Balaban J connectivity index is 2.37. The summed E-state index contributed by atoms with van der Waals surface area (Å²) in [4.78, 5) is 13.8. The number of nitrogens with zero attached hydrogens (tertiary/aromatic N) is 1. The van der Waals surface area contributed by atoms with Crippen LogP contribution in [0.1, 0.15) is 19.8 Å². The molecule has 1 atom stereocenters. The fourth-order valence-electron chi connectivity index (χ4n) is 1.83. The molecule has 0 aromatic heterocycles. The zero-order valence-corrected chi connectivity index (χ0v) is 10.1. The molecule has 0 saturated carbocycles. The molecule has 0 aromatic carbocycles. The predicted molar refractivity (Wildman–Crippen MR) is 64.3 cm³/mol. The van der Waals surface area contributed by atoms with E-state index < -0.39 is 0 Å². The third kappa shape index (κ3) is 4.33. The van der Waals surface area contributed by atoms with E-state index >= 15 is 0 Å². The van der Waals surface area contributed by atoms with Crippen molar-refractivity contribution in [3.05, 3.63) is 12.7 Å². The maximum absolute atomic E-state index is 12.0. The SMILES string of the molecule is C=CCN(CCC)C(=O)CC1COCCN1. The number of amides is 1. The van der Waals surface area contributed by atoms with Crippen molar-refractivity contribution in [2.24, 2.45) is 0 Å². The van der Waals surface area contributed by atoms with Gasteiger partial charge in [0.15, 0.2) is 0 Å². The Morgan fingerprint density at radius 1 is 1.69 bits per heavy atom. The highest BCUT2D eigenvalue weighted by molar-refractivity contribution is 5.77. The lowest BCUT2D eigenvalue weighted by molar-refractivity contribution is -0.132. The predicted octanol–water partition coefficient (Wildman–Crippen LogP) is 0.790. The Labute approximate surface area is 97.6 Å². The van der Waals surface area contributed by atoms with Crippen LogP contribution in [-0.2, 0) is 9.53 Å². The molecule has 1 saturated heterocycles. The highest BCUT2D eigenvalue weighted by Crippen LogP contribution is 2.03. The highest BCUT2D eigenvalue weighted by Gasteiger charge is 2.19. The smallest absolute Gasteiger partial charge is 0.224 e. The van der Waals surface area contributed by atoms with Crippen LogP contribution in [0, 0.1) is 0 Å². The second-order valence-corrected chi connectivity index (χ2v) is 4.06. The van der Waals surface area contributed by atoms with Crippen molar-refractivity contribution in [3.8, 4) is 0 Å². The minimum atomic E-state index is 0.172. The summed E-state index contributed by atoms with van der Waals surface area (Å²) < 4.78 is 5.33. The second-order valence-electron chi connectivity index (χ2n) is 4.06. The van der Waals surface area contributed by atoms with Crippen LogP contribution in [0.3, 0.4) is 0 Å². The molecule has 4 heteroatoms. The van der Waals surface area contributed by atoms with E-state index in [1.54, 1.807) is 6.08 Å². The van der Waals surface area contributed by atoms with Crippen molar-refractivity contribution < 1.29 is 9.53 Å². The first kappa shape index (κ1) is 13.2. The van der Waals surface area contributed by atoms with E-state index in [1.165, 1.54) is 0 Å². The molecule has 0 radical (unpaired) electrons. The Hall–Kier alpha value is -0.870. The maximum atomic E-state index is 12.0. The van der Waals surface area contributed by atoms with E-state index in [-0.39, 0.29) is 11.9 Å². The van der Waals surface area contributed by atoms with E-state index in [1.807, 2.05) is 4.90 Å². The molecule has 1 fully saturated rings. The standard InChI is InChI=1S/C12H22N2O2/c1-3-6-14(7-4-2)12(15)9-11-10-16-8-5-13-11/h3,11,13H,1,4-10H2,2H3. The van der Waals surface area contributed by atoms with Crippen LogP contribution in [0.25, 0.3) is 0 Å². The average molecular weight is 226 g/mol. The number of carbonyl (C=O) groups excluding carboxylic acids is 1. The van der Waals surface area contributed by atoms with Gasteiger partial charge in [0.2, 0.25) is 5.91 Å². The quantitative estimate of drug-likeness (QED) is 0.681. The van der Waals surface area contributed by atoms with Crippen molar-refractivity contribution in [2.75, 3.05) is 32.8 Å². The van der Waals surface area contributed by atoms with E-state index in [4.69, 9.17) is 4.74 Å². The van der Waals surface area contributed by atoms with Crippen molar-refractivity contribution in [2.45, 2.75) is 25.8 Å². The number of nitrogens with one attached hydrogen (secondary N) is 1. The molecule has 92 valence electrons. The van der Waals surface area contributed by atoms with Gasteiger partial charge in [0.25, 0.3) is 0 Å². The molecule has 0 bridgehead atoms. The number of carbonyl (C=O) groups is 1. The van der Waals surface area contributed by atoms with Gasteiger partial charge in [0, 0.05) is 32.1 Å². The van der Waals surface area contributed by atoms with Crippen molar-refractivity contribution in [3.63, 3.8) is 0 Å². The van der Waals surface area contributed by atoms with Crippen LogP contribution in [0.5, 0.6) is 0 Å². The molecule has 16 heavy (non-hydrogen) atoms. The number of hydrogen-bond acceptors (Lipinski definition) is 3. The highest BCUT2D eigenvalue weighted by atomic mass is 16.5. The molecule has 1 N–H and O–H groups in total. The number of hydrogen-bond donors (Lipinski definition) is 1. The van der Waals surface area contributed by atoms with E-state index in [2.05, 4.69) is 18.8 Å². The zero-order chi connectivity index (χ0) is 11.8. The van der Waals surface area contributed by atoms with Gasteiger partial charge in [-0.15, -0.1) is 6.58 Å². The van der Waals surface area contributed by atoms with Gasteiger partial charge < -0.3 is 15.0 Å². The second kappa shape index (κ2) is 7.41. The Morgan fingerprint density at radius 3 is 3.06 bits per heavy atom. The molecule has 1 aliphatic heterocycles. The van der Waals surface area contributed by atoms with Crippen molar-refractivity contribution in [1.29, 1.82) is 0 Å². The summed E-state index contributed by atoms with van der Waals surface area (Å²) in [6.07, 6.45) is 3.28. The van der Waals surface area contributed by atoms with Gasteiger partial charge in [0.05, 0.1) is 13.2 Å². The molecule has 4 nitrogen and oxygen atoms in total. The van der Waals surface area contributed by atoms with E-state index in [0.29, 0.717) is 19.6 Å². The van der Waals surface area contributed by atoms with Crippen LogP contribution >= 0.6 is 0 Å². The van der Waals surface area contributed by atoms with Crippen LogP contribution < -0.4 is 5.32 Å². The molecule has 1 rings (SSSR count). The summed E-state index contributed by atoms with van der Waals surface area (Å²) in [5, 5.41) is 3.29. The minimum Gasteiger partial charge on any atom is -0.378 e. The first-order chi connectivity index (χ1) is 7.77. The molecule has 0 aliphatic carbocycles. The Morgan fingerprint density at radius 2 is 2.50 bits per heavy atom. The fourth-order valence-corrected chi connectivity index (χ4v) is 1.83. The molecular formula is C12H22N2O2. The summed E-state index contributed by atoms with van der Waals surface area (Å²) in [5.74, 6) is 0.185. The lowest BCUT2D eigenvalue weighted by atomic mass is 10.1. The molecule has 1 unspecified atom stereocenters. The summed E-state index contributed by atoms with van der Waals surface area (Å²) >= 11 is 0. The van der Waals surface area contributed by atoms with Gasteiger partial charge in [-0.1, -0.05) is 13.0 Å². The van der Waals surface area contributed by atoms with Crippen LogP contribution in [0.4, 0.5) is 0 Å². The van der Waals surface area contributed by atoms with E-state index in [9.17, 15) is 4.79 Å². The van der Waals surface area contributed by atoms with Gasteiger partial charge in [-0.3, -0.25) is 4.79 Å². The fraction of sp³-hybridized carbons (Fsp3) is 0.750. The minimum absolute atomic E-state index is 0.172. The van der Waals surface area contributed by atoms with Crippen molar-refractivity contribution in [1.82, 2.24) is 10.2 Å². The molecule has 1 amide bonds.